The summed E-state index contributed by atoms with van der Waals surface area (Å²) in [6.45, 7) is 7.41. The number of carbonyl (C=O) groups excluding carboxylic acids is 1. The zero-order valence-electron chi connectivity index (χ0n) is 11.0. The smallest absolute Gasteiger partial charge is 0.214 e. The molecule has 0 saturated carbocycles. The Kier molecular flexibility index (Phi) is 3.55. The maximum Gasteiger partial charge on any atom is 0.214 e. The Morgan fingerprint density at radius 1 is 1.53 bits per heavy atom. The number of hydrogen-bond acceptors (Lipinski definition) is 4. The summed E-state index contributed by atoms with van der Waals surface area (Å²) in [7, 11) is 1.77. The van der Waals surface area contributed by atoms with E-state index in [-0.39, 0.29) is 16.0 Å². The van der Waals surface area contributed by atoms with Crippen molar-refractivity contribution in [2.75, 3.05) is 13.7 Å². The van der Waals surface area contributed by atoms with E-state index in [9.17, 15) is 4.79 Å². The van der Waals surface area contributed by atoms with Crippen LogP contribution in [0.3, 0.4) is 0 Å². The van der Waals surface area contributed by atoms with Crippen LogP contribution < -0.4 is 0 Å². The molecule has 0 aromatic rings. The minimum atomic E-state index is -0.159. The molecule has 2 rings (SSSR count). The van der Waals surface area contributed by atoms with Gasteiger partial charge in [-0.2, -0.15) is 0 Å². The zero-order valence-corrected chi connectivity index (χ0v) is 11.8. The van der Waals surface area contributed by atoms with Crippen molar-refractivity contribution in [3.63, 3.8) is 0 Å². The van der Waals surface area contributed by atoms with Crippen LogP contribution in [0.1, 0.15) is 33.6 Å². The van der Waals surface area contributed by atoms with Crippen molar-refractivity contribution < 1.29 is 9.53 Å². The molecule has 0 unspecified atom stereocenters. The number of rotatable bonds is 3. The van der Waals surface area contributed by atoms with Gasteiger partial charge in [-0.15, -0.1) is 0 Å². The molecule has 1 saturated heterocycles. The molecule has 4 heteroatoms. The predicted octanol–water partition coefficient (Wildman–Crippen LogP) is 2.42. The summed E-state index contributed by atoms with van der Waals surface area (Å²) < 4.78 is 5.61. The standard InChI is InChI=1S/C13H21NO2S/c1-9-10(8-12(15)17-9)14-7-5-6-11(14)13(2,3)16-4/h8-9,11H,5-7H2,1-4H3/t9-,11-/m0/s1. The maximum atomic E-state index is 11.5. The molecule has 0 spiro atoms. The van der Waals surface area contributed by atoms with Gasteiger partial charge in [0.2, 0.25) is 5.12 Å². The average Bonchev–Trinajstić information content (AvgIpc) is 2.84. The molecule has 0 bridgehead atoms. The highest BCUT2D eigenvalue weighted by Crippen LogP contribution is 2.38. The topological polar surface area (TPSA) is 29.5 Å². The Morgan fingerprint density at radius 2 is 2.24 bits per heavy atom. The van der Waals surface area contributed by atoms with Crippen LogP contribution in [-0.2, 0) is 9.53 Å². The lowest BCUT2D eigenvalue weighted by Crippen LogP contribution is -2.47. The van der Waals surface area contributed by atoms with Gasteiger partial charge in [0.1, 0.15) is 0 Å². The van der Waals surface area contributed by atoms with Crippen LogP contribution in [0.15, 0.2) is 11.8 Å². The fourth-order valence-corrected chi connectivity index (χ4v) is 3.62. The first kappa shape index (κ1) is 13.0. The summed E-state index contributed by atoms with van der Waals surface area (Å²) in [5, 5.41) is 0.476. The van der Waals surface area contributed by atoms with E-state index in [1.807, 2.05) is 0 Å². The summed E-state index contributed by atoms with van der Waals surface area (Å²) >= 11 is 1.42. The number of methoxy groups -OCH3 is 1. The molecule has 0 amide bonds. The van der Waals surface area contributed by atoms with E-state index in [0.29, 0.717) is 6.04 Å². The van der Waals surface area contributed by atoms with Crippen LogP contribution in [0.5, 0.6) is 0 Å². The van der Waals surface area contributed by atoms with Gasteiger partial charge in [-0.3, -0.25) is 4.79 Å². The molecule has 0 aromatic heterocycles. The Bertz CT molecular complexity index is 351. The first-order valence-corrected chi connectivity index (χ1v) is 7.07. The first-order valence-electron chi connectivity index (χ1n) is 6.19. The van der Waals surface area contributed by atoms with Gasteiger partial charge in [0.05, 0.1) is 11.6 Å². The summed E-state index contributed by atoms with van der Waals surface area (Å²) in [5.41, 5.74) is 1.03. The summed E-state index contributed by atoms with van der Waals surface area (Å²) in [6, 6.07) is 0.382. The second-order valence-corrected chi connectivity index (χ2v) is 6.65. The van der Waals surface area contributed by atoms with E-state index >= 15 is 0 Å². The van der Waals surface area contributed by atoms with Gasteiger partial charge >= 0.3 is 0 Å². The third kappa shape index (κ3) is 2.38. The second kappa shape index (κ2) is 4.65. The van der Waals surface area contributed by atoms with Gasteiger partial charge in [0.15, 0.2) is 0 Å². The highest BCUT2D eigenvalue weighted by atomic mass is 32.2. The lowest BCUT2D eigenvalue weighted by Gasteiger charge is -2.39. The van der Waals surface area contributed by atoms with Crippen LogP contribution in [0.2, 0.25) is 0 Å². The van der Waals surface area contributed by atoms with Crippen molar-refractivity contribution in [1.82, 2.24) is 4.90 Å². The van der Waals surface area contributed by atoms with Crippen molar-refractivity contribution in [1.29, 1.82) is 0 Å². The quantitative estimate of drug-likeness (QED) is 0.774. The molecule has 2 atom stereocenters. The first-order chi connectivity index (χ1) is 7.95. The van der Waals surface area contributed by atoms with Crippen LogP contribution in [0.4, 0.5) is 0 Å². The molecule has 0 aromatic carbocycles. The van der Waals surface area contributed by atoms with Crippen molar-refractivity contribution >= 4 is 16.9 Å². The lowest BCUT2D eigenvalue weighted by molar-refractivity contribution is -0.107. The number of likely N-dealkylation sites (tertiary alicyclic amines) is 1. The largest absolute Gasteiger partial charge is 0.377 e. The molecule has 1 fully saturated rings. The monoisotopic (exact) mass is 255 g/mol. The molecule has 0 N–H and O–H groups in total. The van der Waals surface area contributed by atoms with E-state index in [1.54, 1.807) is 13.2 Å². The third-order valence-electron chi connectivity index (χ3n) is 3.89. The number of ether oxygens (including phenoxy) is 1. The maximum absolute atomic E-state index is 11.5. The number of hydrogen-bond donors (Lipinski definition) is 0. The highest BCUT2D eigenvalue weighted by Gasteiger charge is 2.41. The van der Waals surface area contributed by atoms with E-state index in [0.717, 1.165) is 13.0 Å². The van der Waals surface area contributed by atoms with Gasteiger partial charge < -0.3 is 9.64 Å². The zero-order chi connectivity index (χ0) is 12.6. The Morgan fingerprint density at radius 3 is 2.76 bits per heavy atom. The van der Waals surface area contributed by atoms with Crippen LogP contribution in [-0.4, -0.2) is 40.6 Å². The molecule has 2 aliphatic rings. The van der Waals surface area contributed by atoms with Crippen molar-refractivity contribution in [3.05, 3.63) is 11.8 Å². The molecule has 0 aliphatic carbocycles. The van der Waals surface area contributed by atoms with Crippen molar-refractivity contribution in [3.8, 4) is 0 Å². The molecule has 17 heavy (non-hydrogen) atoms. The van der Waals surface area contributed by atoms with E-state index in [4.69, 9.17) is 4.74 Å². The van der Waals surface area contributed by atoms with E-state index in [1.165, 1.54) is 23.9 Å². The van der Waals surface area contributed by atoms with E-state index < -0.39 is 0 Å². The van der Waals surface area contributed by atoms with Gasteiger partial charge in [-0.1, -0.05) is 11.8 Å². The highest BCUT2D eigenvalue weighted by molar-refractivity contribution is 8.15. The Labute approximate surface area is 108 Å². The SMILES string of the molecule is COC(C)(C)[C@@H]1CCCN1C1=CC(=O)S[C@H]1C. The minimum absolute atomic E-state index is 0.159. The molecule has 0 radical (unpaired) electrons. The molecule has 2 aliphatic heterocycles. The fourth-order valence-electron chi connectivity index (χ4n) is 2.76. The minimum Gasteiger partial charge on any atom is -0.377 e. The molecular formula is C13H21NO2S. The fraction of sp³-hybridized carbons (Fsp3) is 0.769. The molecule has 96 valence electrons. The van der Waals surface area contributed by atoms with Crippen molar-refractivity contribution in [2.24, 2.45) is 0 Å². The Balaban J connectivity index is 2.21. The lowest BCUT2D eigenvalue weighted by atomic mass is 9.95. The predicted molar refractivity (Wildman–Crippen MR) is 71.0 cm³/mol. The number of carbonyl (C=O) groups is 1. The van der Waals surface area contributed by atoms with Gasteiger partial charge in [0, 0.05) is 30.7 Å². The number of nitrogens with zero attached hydrogens (tertiary/aromatic N) is 1. The molecule has 2 heterocycles. The normalized spacial score (nSPS) is 30.0. The van der Waals surface area contributed by atoms with Gasteiger partial charge in [-0.05, 0) is 33.6 Å². The van der Waals surface area contributed by atoms with Crippen LogP contribution in [0, 0.1) is 0 Å². The van der Waals surface area contributed by atoms with Crippen molar-refractivity contribution in [2.45, 2.75) is 50.5 Å². The molecule has 3 nitrogen and oxygen atoms in total. The summed E-state index contributed by atoms with van der Waals surface area (Å²) in [4.78, 5) is 13.9. The van der Waals surface area contributed by atoms with Gasteiger partial charge in [0.25, 0.3) is 0 Å². The Hall–Kier alpha value is -0.480. The average molecular weight is 255 g/mol. The second-order valence-electron chi connectivity index (χ2n) is 5.31. The van der Waals surface area contributed by atoms with Gasteiger partial charge in [-0.25, -0.2) is 0 Å². The summed E-state index contributed by atoms with van der Waals surface area (Å²) in [6.07, 6.45) is 4.13. The van der Waals surface area contributed by atoms with Crippen LogP contribution >= 0.6 is 11.8 Å². The summed E-state index contributed by atoms with van der Waals surface area (Å²) in [5.74, 6) is 0. The third-order valence-corrected chi connectivity index (χ3v) is 4.83. The van der Waals surface area contributed by atoms with Crippen LogP contribution in [0.25, 0.3) is 0 Å². The molecular weight excluding hydrogens is 234 g/mol. The number of thioether (sulfide) groups is 1. The van der Waals surface area contributed by atoms with E-state index in [2.05, 4.69) is 25.7 Å².